The van der Waals surface area contributed by atoms with Crippen LogP contribution >= 0.6 is 0 Å². The minimum absolute atomic E-state index is 0. The summed E-state index contributed by atoms with van der Waals surface area (Å²) in [6.45, 7) is 0. The quantitative estimate of drug-likeness (QED) is 0.666. The normalized spacial score (nSPS) is 11.7. The summed E-state index contributed by atoms with van der Waals surface area (Å²) in [6, 6.07) is 8.08. The number of ether oxygens (including phenoxy) is 1. The zero-order valence-electron chi connectivity index (χ0n) is 6.29. The van der Waals surface area contributed by atoms with Crippen LogP contribution in [-0.2, 0) is 44.6 Å². The molecule has 1 aromatic rings. The molecule has 1 radical (unpaired) electrons. The van der Waals surface area contributed by atoms with E-state index in [2.05, 4.69) is 6.07 Å². The van der Waals surface area contributed by atoms with Crippen molar-refractivity contribution in [1.82, 2.24) is 0 Å². The van der Waals surface area contributed by atoms with E-state index in [-0.39, 0.29) is 38.1 Å². The molecular weight excluding hydrogens is 284 g/mol. The summed E-state index contributed by atoms with van der Waals surface area (Å²) in [5.74, 6) is 0.991. The van der Waals surface area contributed by atoms with Crippen LogP contribution in [-0.4, -0.2) is 0 Å². The van der Waals surface area contributed by atoms with Gasteiger partial charge in [0.1, 0.15) is 5.75 Å². The Bertz CT molecular complexity index is 246. The van der Waals surface area contributed by atoms with Crippen LogP contribution in [0.1, 0.15) is 5.56 Å². The molecule has 0 N–H and O–H groups in total. The van der Waals surface area contributed by atoms with Gasteiger partial charge in [-0.1, -0.05) is 18.2 Å². The monoisotopic (exact) mass is 293 g/mol. The molecule has 0 aromatic heterocycles. The number of benzene rings is 1. The molecule has 1 heterocycles. The Balaban J connectivity index is 0.000000605. The minimum atomic E-state index is 0. The van der Waals surface area contributed by atoms with Crippen LogP contribution in [0.15, 0.2) is 36.6 Å². The van der Waals surface area contributed by atoms with Gasteiger partial charge in [0.25, 0.3) is 0 Å². The maximum atomic E-state index is 5.24. The average molecular weight is 292 g/mol. The van der Waals surface area contributed by atoms with Gasteiger partial charge in [-0.15, -0.1) is 0 Å². The number of hydrogen-bond acceptors (Lipinski definition) is 1. The molecule has 3 heteroatoms. The van der Waals surface area contributed by atoms with Crippen LogP contribution in [0.5, 0.6) is 5.75 Å². The van der Waals surface area contributed by atoms with E-state index in [0.29, 0.717) is 0 Å². The molecule has 2 rings (SSSR count). The van der Waals surface area contributed by atoms with Gasteiger partial charge in [0.2, 0.25) is 0 Å². The number of allylic oxidation sites excluding steroid dienone is 1. The fourth-order valence-corrected chi connectivity index (χ4v) is 1.08. The Kier molecular flexibility index (Phi) is 5.57. The third-order valence-corrected chi connectivity index (χ3v) is 1.60. The zero-order chi connectivity index (χ0) is 6.81. The van der Waals surface area contributed by atoms with Crippen molar-refractivity contribution < 1.29 is 42.9 Å². The summed E-state index contributed by atoms with van der Waals surface area (Å²) in [5, 5.41) is 0. The first-order chi connectivity index (χ1) is 4.97. The van der Waals surface area contributed by atoms with E-state index in [0.717, 1.165) is 12.2 Å². The summed E-state index contributed by atoms with van der Waals surface area (Å²) in [5.41, 5.74) is 1.27. The van der Waals surface area contributed by atoms with Crippen LogP contribution in [0.3, 0.4) is 0 Å². The predicted molar refractivity (Wildman–Crippen MR) is 39.9 cm³/mol. The molecule has 0 unspecified atom stereocenters. The van der Waals surface area contributed by atoms with Gasteiger partial charge in [-0.05, 0) is 24.1 Å². The Morgan fingerprint density at radius 3 is 2.67 bits per heavy atom. The van der Waals surface area contributed by atoms with E-state index in [4.69, 9.17) is 4.74 Å². The summed E-state index contributed by atoms with van der Waals surface area (Å²) in [7, 11) is 0. The summed E-state index contributed by atoms with van der Waals surface area (Å²) < 4.78 is 5.24. The smallest absolute Gasteiger partial charge is 0.130 e. The van der Waals surface area contributed by atoms with Gasteiger partial charge in [0, 0.05) is 38.1 Å². The van der Waals surface area contributed by atoms with E-state index in [9.17, 15) is 0 Å². The van der Waals surface area contributed by atoms with Gasteiger partial charge in [0.15, 0.2) is 0 Å². The van der Waals surface area contributed by atoms with Crippen molar-refractivity contribution >= 4 is 0 Å². The van der Waals surface area contributed by atoms with E-state index in [1.54, 1.807) is 6.26 Å². The van der Waals surface area contributed by atoms with Crippen LogP contribution in [0.2, 0.25) is 0 Å². The molecule has 0 saturated heterocycles. The van der Waals surface area contributed by atoms with Gasteiger partial charge in [-0.3, -0.25) is 0 Å². The largest absolute Gasteiger partial charge is 0.465 e. The van der Waals surface area contributed by atoms with Crippen LogP contribution in [0.4, 0.5) is 0 Å². The van der Waals surface area contributed by atoms with Gasteiger partial charge in [-0.2, -0.15) is 0 Å². The molecule has 0 fully saturated rings. The summed E-state index contributed by atoms with van der Waals surface area (Å²) in [6.07, 6.45) is 4.75. The molecule has 0 spiro atoms. The second-order valence-electron chi connectivity index (χ2n) is 2.30. The zero-order valence-corrected chi connectivity index (χ0v) is 9.24. The van der Waals surface area contributed by atoms with Crippen molar-refractivity contribution in [2.24, 2.45) is 0 Å². The molecule has 1 aliphatic rings. The third-order valence-electron chi connectivity index (χ3n) is 1.60. The maximum absolute atomic E-state index is 5.24. The van der Waals surface area contributed by atoms with Gasteiger partial charge in [-0.25, -0.2) is 0 Å². The van der Waals surface area contributed by atoms with E-state index < -0.39 is 0 Å². The summed E-state index contributed by atoms with van der Waals surface area (Å²) in [4.78, 5) is 0. The fraction of sp³-hybridized carbons (Fsp3) is 0.111. The molecule has 12 heavy (non-hydrogen) atoms. The molecule has 0 bridgehead atoms. The first-order valence-electron chi connectivity index (χ1n) is 3.36. The Morgan fingerprint density at radius 2 is 1.92 bits per heavy atom. The molecule has 1 aromatic carbocycles. The second kappa shape index (κ2) is 5.59. The second-order valence-corrected chi connectivity index (χ2v) is 2.30. The van der Waals surface area contributed by atoms with Crippen LogP contribution in [0.25, 0.3) is 0 Å². The van der Waals surface area contributed by atoms with Crippen molar-refractivity contribution in [2.45, 2.75) is 6.42 Å². The van der Waals surface area contributed by atoms with E-state index in [1.807, 2.05) is 24.3 Å². The standard InChI is InChI=1S/C9H8O.Cu.Mo/c1-2-6-9-8(4-1)5-3-7-10-9;;/h1-4,6-7H,5H2;;. The third kappa shape index (κ3) is 2.48. The van der Waals surface area contributed by atoms with E-state index >= 15 is 0 Å². The van der Waals surface area contributed by atoms with Crippen molar-refractivity contribution in [2.75, 3.05) is 0 Å². The first-order valence-corrected chi connectivity index (χ1v) is 3.36. The topological polar surface area (TPSA) is 9.23 Å². The molecule has 1 nitrogen and oxygen atoms in total. The number of fused-ring (bicyclic) bond motifs is 1. The molecule has 1 aliphatic heterocycles. The van der Waals surface area contributed by atoms with E-state index in [1.165, 1.54) is 5.56 Å². The van der Waals surface area contributed by atoms with Crippen molar-refractivity contribution in [1.29, 1.82) is 0 Å². The first kappa shape index (κ1) is 12.0. The van der Waals surface area contributed by atoms with Gasteiger partial charge >= 0.3 is 0 Å². The molecule has 0 aliphatic carbocycles. The molecule has 67 valence electrons. The van der Waals surface area contributed by atoms with Crippen molar-refractivity contribution in [3.63, 3.8) is 0 Å². The number of hydrogen-bond donors (Lipinski definition) is 0. The van der Waals surface area contributed by atoms with Crippen LogP contribution < -0.4 is 4.74 Å². The number of rotatable bonds is 0. The van der Waals surface area contributed by atoms with Gasteiger partial charge in [0.05, 0.1) is 6.26 Å². The number of para-hydroxylation sites is 1. The van der Waals surface area contributed by atoms with Gasteiger partial charge < -0.3 is 4.74 Å². The molecule has 0 atom stereocenters. The molecule has 0 saturated carbocycles. The summed E-state index contributed by atoms with van der Waals surface area (Å²) >= 11 is 0. The molecule has 0 amide bonds. The Labute approximate surface area is 96.9 Å². The average Bonchev–Trinajstić information content (AvgIpc) is 2.05. The SMILES string of the molecule is C1=COc2ccccc2C1.[Cu].[Mo]. The Hall–Kier alpha value is -0.0322. The Morgan fingerprint density at radius 1 is 1.17 bits per heavy atom. The minimum Gasteiger partial charge on any atom is -0.465 e. The van der Waals surface area contributed by atoms with Crippen molar-refractivity contribution in [3.8, 4) is 5.75 Å². The molecular formula is C9H8CuMoO. The fourth-order valence-electron chi connectivity index (χ4n) is 1.08. The van der Waals surface area contributed by atoms with Crippen molar-refractivity contribution in [3.05, 3.63) is 42.2 Å². The predicted octanol–water partition coefficient (Wildman–Crippen LogP) is 2.13. The maximum Gasteiger partial charge on any atom is 0.130 e. The van der Waals surface area contributed by atoms with Crippen LogP contribution in [0, 0.1) is 0 Å².